The van der Waals surface area contributed by atoms with Crippen molar-refractivity contribution in [2.75, 3.05) is 0 Å². The Kier molecular flexibility index (Phi) is 3.33. The van der Waals surface area contributed by atoms with Crippen LogP contribution < -0.4 is 0 Å². The first kappa shape index (κ1) is 14.6. The van der Waals surface area contributed by atoms with Crippen LogP contribution in [0.15, 0.2) is 48.8 Å². The smallest absolute Gasteiger partial charge is 0.179 e. The Morgan fingerprint density at radius 2 is 2.00 bits per heavy atom. The van der Waals surface area contributed by atoms with Gasteiger partial charge in [0.15, 0.2) is 11.3 Å². The molecule has 1 aliphatic rings. The minimum Gasteiger partial charge on any atom is -0.345 e. The molecule has 3 aromatic heterocycles. The van der Waals surface area contributed by atoms with Crippen LogP contribution in [0.2, 0.25) is 0 Å². The van der Waals surface area contributed by atoms with Gasteiger partial charge >= 0.3 is 0 Å². The molecule has 3 atom stereocenters. The molecule has 5 rings (SSSR count). The van der Waals surface area contributed by atoms with E-state index in [1.807, 2.05) is 6.20 Å². The molecule has 1 fully saturated rings. The molecule has 0 saturated heterocycles. The molecule has 3 heterocycles. The standard InChI is InChI=1S/C20H21N5/c1-13-9-15(10-14-5-3-2-4-6-14)11-16(13)20-24-23-18-12-22-19-17(25(18)20)7-8-21-19/h2-8,12-13,15-16,21H,9-11H2,1H3/t13-,15+,16+/m0/s1. The third-order valence-corrected chi connectivity index (χ3v) is 5.65. The van der Waals surface area contributed by atoms with E-state index in [-0.39, 0.29) is 0 Å². The van der Waals surface area contributed by atoms with Crippen LogP contribution in [-0.4, -0.2) is 24.6 Å². The SMILES string of the molecule is C[C@H]1C[C@H](Cc2ccccc2)C[C@H]1c1nnc2cnc3[nH]ccc3n12. The van der Waals surface area contributed by atoms with E-state index < -0.39 is 0 Å². The van der Waals surface area contributed by atoms with Crippen LogP contribution in [0.1, 0.15) is 37.1 Å². The minimum atomic E-state index is 0.448. The Morgan fingerprint density at radius 1 is 1.12 bits per heavy atom. The summed E-state index contributed by atoms with van der Waals surface area (Å²) in [5, 5.41) is 8.93. The topological polar surface area (TPSA) is 58.9 Å². The van der Waals surface area contributed by atoms with E-state index in [1.54, 1.807) is 6.20 Å². The summed E-state index contributed by atoms with van der Waals surface area (Å²) in [6, 6.07) is 12.9. The zero-order chi connectivity index (χ0) is 16.8. The molecule has 0 unspecified atom stereocenters. The zero-order valence-electron chi connectivity index (χ0n) is 14.3. The van der Waals surface area contributed by atoms with Crippen LogP contribution in [-0.2, 0) is 6.42 Å². The van der Waals surface area contributed by atoms with Gasteiger partial charge in [-0.15, -0.1) is 10.2 Å². The highest BCUT2D eigenvalue weighted by molar-refractivity contribution is 5.74. The van der Waals surface area contributed by atoms with Gasteiger partial charge in [0.1, 0.15) is 5.82 Å². The summed E-state index contributed by atoms with van der Waals surface area (Å²) < 4.78 is 2.19. The molecule has 5 nitrogen and oxygen atoms in total. The predicted octanol–water partition coefficient (Wildman–Crippen LogP) is 3.98. The molecule has 1 aromatic carbocycles. The number of hydrogen-bond acceptors (Lipinski definition) is 3. The molecule has 1 N–H and O–H groups in total. The van der Waals surface area contributed by atoms with E-state index in [2.05, 4.69) is 67.9 Å². The Labute approximate surface area is 146 Å². The molecule has 1 saturated carbocycles. The number of benzene rings is 1. The summed E-state index contributed by atoms with van der Waals surface area (Å²) in [5.74, 6) is 2.86. The second-order valence-electron chi connectivity index (χ2n) is 7.33. The van der Waals surface area contributed by atoms with E-state index >= 15 is 0 Å². The van der Waals surface area contributed by atoms with Crippen LogP contribution in [0.5, 0.6) is 0 Å². The highest BCUT2D eigenvalue weighted by atomic mass is 15.3. The number of fused-ring (bicyclic) bond motifs is 3. The Hall–Kier alpha value is -2.69. The van der Waals surface area contributed by atoms with Gasteiger partial charge < -0.3 is 4.98 Å². The highest BCUT2D eigenvalue weighted by Gasteiger charge is 2.35. The summed E-state index contributed by atoms with van der Waals surface area (Å²) >= 11 is 0. The van der Waals surface area contributed by atoms with Crippen molar-refractivity contribution in [1.29, 1.82) is 0 Å². The second-order valence-corrected chi connectivity index (χ2v) is 7.33. The fourth-order valence-corrected chi connectivity index (χ4v) is 4.49. The van der Waals surface area contributed by atoms with Crippen molar-refractivity contribution in [2.45, 2.75) is 32.1 Å². The summed E-state index contributed by atoms with van der Waals surface area (Å²) in [5.41, 5.74) is 4.22. The van der Waals surface area contributed by atoms with Gasteiger partial charge in [-0.1, -0.05) is 37.3 Å². The average Bonchev–Trinajstić information content (AvgIpc) is 3.32. The number of aromatic nitrogens is 5. The molecule has 0 bridgehead atoms. The molecular formula is C20H21N5. The quantitative estimate of drug-likeness (QED) is 0.618. The van der Waals surface area contributed by atoms with Crippen molar-refractivity contribution >= 4 is 16.8 Å². The van der Waals surface area contributed by atoms with Crippen molar-refractivity contribution < 1.29 is 0 Å². The lowest BCUT2D eigenvalue weighted by molar-refractivity contribution is 0.500. The van der Waals surface area contributed by atoms with Crippen LogP contribution in [0.25, 0.3) is 16.8 Å². The molecule has 4 aromatic rings. The van der Waals surface area contributed by atoms with E-state index in [0.717, 1.165) is 29.1 Å². The van der Waals surface area contributed by atoms with Gasteiger partial charge in [0.25, 0.3) is 0 Å². The molecule has 5 heteroatoms. The van der Waals surface area contributed by atoms with Gasteiger partial charge in [-0.3, -0.25) is 4.40 Å². The van der Waals surface area contributed by atoms with Crippen molar-refractivity contribution in [2.24, 2.45) is 11.8 Å². The largest absolute Gasteiger partial charge is 0.345 e. The first-order valence-electron chi connectivity index (χ1n) is 9.00. The molecule has 0 amide bonds. The second kappa shape index (κ2) is 5.69. The van der Waals surface area contributed by atoms with Gasteiger partial charge in [-0.05, 0) is 42.7 Å². The molecular weight excluding hydrogens is 310 g/mol. The first-order valence-corrected chi connectivity index (χ1v) is 9.00. The number of hydrogen-bond donors (Lipinski definition) is 1. The monoisotopic (exact) mass is 331 g/mol. The molecule has 0 radical (unpaired) electrons. The van der Waals surface area contributed by atoms with Crippen LogP contribution >= 0.6 is 0 Å². The van der Waals surface area contributed by atoms with E-state index in [9.17, 15) is 0 Å². The van der Waals surface area contributed by atoms with Gasteiger partial charge in [0.05, 0.1) is 11.7 Å². The van der Waals surface area contributed by atoms with E-state index in [4.69, 9.17) is 0 Å². The van der Waals surface area contributed by atoms with Gasteiger partial charge in [-0.2, -0.15) is 0 Å². The molecule has 0 spiro atoms. The Balaban J connectivity index is 1.49. The fraction of sp³-hybridized carbons (Fsp3) is 0.350. The lowest BCUT2D eigenvalue weighted by Gasteiger charge is -2.13. The van der Waals surface area contributed by atoms with Crippen molar-refractivity contribution in [3.05, 3.63) is 60.2 Å². The van der Waals surface area contributed by atoms with Gasteiger partial charge in [-0.25, -0.2) is 4.98 Å². The van der Waals surface area contributed by atoms with Crippen molar-refractivity contribution in [3.63, 3.8) is 0 Å². The Morgan fingerprint density at radius 3 is 2.88 bits per heavy atom. The van der Waals surface area contributed by atoms with E-state index in [1.165, 1.54) is 18.4 Å². The molecule has 0 aliphatic heterocycles. The maximum Gasteiger partial charge on any atom is 0.179 e. The molecule has 126 valence electrons. The van der Waals surface area contributed by atoms with Crippen molar-refractivity contribution in [3.8, 4) is 0 Å². The lowest BCUT2D eigenvalue weighted by Crippen LogP contribution is -2.08. The number of H-pyrrole nitrogens is 1. The van der Waals surface area contributed by atoms with Gasteiger partial charge in [0.2, 0.25) is 0 Å². The van der Waals surface area contributed by atoms with Crippen LogP contribution in [0.4, 0.5) is 0 Å². The van der Waals surface area contributed by atoms with E-state index in [0.29, 0.717) is 17.8 Å². The molecule has 1 aliphatic carbocycles. The first-order chi connectivity index (χ1) is 12.3. The number of nitrogens with one attached hydrogen (secondary N) is 1. The lowest BCUT2D eigenvalue weighted by atomic mass is 9.96. The third kappa shape index (κ3) is 2.42. The van der Waals surface area contributed by atoms with Gasteiger partial charge in [0, 0.05) is 12.1 Å². The predicted molar refractivity (Wildman–Crippen MR) is 97.4 cm³/mol. The zero-order valence-corrected chi connectivity index (χ0v) is 14.3. The minimum absolute atomic E-state index is 0.448. The Bertz CT molecular complexity index is 1020. The normalized spacial score (nSPS) is 23.6. The fourth-order valence-electron chi connectivity index (χ4n) is 4.49. The summed E-state index contributed by atoms with van der Waals surface area (Å²) in [6.07, 6.45) is 7.30. The maximum absolute atomic E-state index is 4.56. The summed E-state index contributed by atoms with van der Waals surface area (Å²) in [4.78, 5) is 7.60. The number of aromatic amines is 1. The summed E-state index contributed by atoms with van der Waals surface area (Å²) in [6.45, 7) is 2.35. The van der Waals surface area contributed by atoms with Crippen LogP contribution in [0, 0.1) is 11.8 Å². The number of rotatable bonds is 3. The summed E-state index contributed by atoms with van der Waals surface area (Å²) in [7, 11) is 0. The molecule has 25 heavy (non-hydrogen) atoms. The third-order valence-electron chi connectivity index (χ3n) is 5.65. The highest BCUT2D eigenvalue weighted by Crippen LogP contribution is 2.43. The average molecular weight is 331 g/mol. The van der Waals surface area contributed by atoms with Crippen LogP contribution in [0.3, 0.4) is 0 Å². The number of nitrogens with zero attached hydrogens (tertiary/aromatic N) is 4. The van der Waals surface area contributed by atoms with Crippen molar-refractivity contribution in [1.82, 2.24) is 24.6 Å². The maximum atomic E-state index is 4.56.